The van der Waals surface area contributed by atoms with Gasteiger partial charge in [0.25, 0.3) is 0 Å². The van der Waals surface area contributed by atoms with Crippen LogP contribution >= 0.6 is 0 Å². The number of pyridine rings is 1. The molecular formula is C24H15F2NO4. The summed E-state index contributed by atoms with van der Waals surface area (Å²) in [6.45, 7) is 0. The van der Waals surface area contributed by atoms with Crippen LogP contribution in [0, 0.1) is 11.6 Å². The zero-order valence-corrected chi connectivity index (χ0v) is 16.0. The molecule has 0 saturated heterocycles. The van der Waals surface area contributed by atoms with Gasteiger partial charge < -0.3 is 10.2 Å². The van der Waals surface area contributed by atoms with Gasteiger partial charge in [0.1, 0.15) is 17.2 Å². The van der Waals surface area contributed by atoms with Gasteiger partial charge in [-0.1, -0.05) is 12.1 Å². The Kier molecular flexibility index (Phi) is 5.17. The molecule has 1 heterocycles. The van der Waals surface area contributed by atoms with E-state index in [2.05, 4.69) is 4.98 Å². The van der Waals surface area contributed by atoms with Crippen molar-refractivity contribution in [3.8, 4) is 5.75 Å². The molecule has 0 bridgehead atoms. The molecule has 0 amide bonds. The third-order valence-electron chi connectivity index (χ3n) is 4.91. The molecule has 1 aromatic heterocycles. The fourth-order valence-corrected chi connectivity index (χ4v) is 3.36. The lowest BCUT2D eigenvalue weighted by atomic mass is 9.95. The van der Waals surface area contributed by atoms with E-state index in [-0.39, 0.29) is 33.4 Å². The number of phenols is 1. The topological polar surface area (TPSA) is 87.5 Å². The Morgan fingerprint density at radius 1 is 0.839 bits per heavy atom. The normalized spacial score (nSPS) is 10.9. The molecule has 0 fully saturated rings. The third kappa shape index (κ3) is 3.98. The molecule has 0 saturated carbocycles. The van der Waals surface area contributed by atoms with Crippen LogP contribution in [-0.2, 0) is 6.42 Å². The first-order valence-corrected chi connectivity index (χ1v) is 9.26. The second-order valence-electron chi connectivity index (χ2n) is 7.00. The van der Waals surface area contributed by atoms with Gasteiger partial charge >= 0.3 is 5.97 Å². The maximum atomic E-state index is 13.2. The highest BCUT2D eigenvalue weighted by Crippen LogP contribution is 2.33. The molecule has 0 unspecified atom stereocenters. The van der Waals surface area contributed by atoms with Gasteiger partial charge in [0, 0.05) is 17.1 Å². The molecule has 4 aromatic rings. The number of nitrogens with zero attached hydrogens (tertiary/aromatic N) is 1. The predicted molar refractivity (Wildman–Crippen MR) is 109 cm³/mol. The van der Waals surface area contributed by atoms with E-state index in [1.807, 2.05) is 0 Å². The van der Waals surface area contributed by atoms with Gasteiger partial charge in [-0.2, -0.15) is 0 Å². The van der Waals surface area contributed by atoms with Crippen molar-refractivity contribution in [1.29, 1.82) is 0 Å². The average Bonchev–Trinajstić information content (AvgIpc) is 2.75. The number of aromatic hydroxyl groups is 1. The van der Waals surface area contributed by atoms with Crippen LogP contribution in [0.15, 0.2) is 66.9 Å². The van der Waals surface area contributed by atoms with Crippen LogP contribution in [0.3, 0.4) is 0 Å². The third-order valence-corrected chi connectivity index (χ3v) is 4.91. The van der Waals surface area contributed by atoms with Gasteiger partial charge in [0.2, 0.25) is 0 Å². The van der Waals surface area contributed by atoms with Crippen LogP contribution in [0.5, 0.6) is 5.75 Å². The number of hydrogen-bond acceptors (Lipinski definition) is 4. The van der Waals surface area contributed by atoms with E-state index >= 15 is 0 Å². The minimum atomic E-state index is -1.29. The molecule has 3 aromatic carbocycles. The molecule has 0 aliphatic carbocycles. The number of aromatic nitrogens is 1. The molecule has 0 atom stereocenters. The summed E-state index contributed by atoms with van der Waals surface area (Å²) < 4.78 is 26.3. The number of carbonyl (C=O) groups is 2. The van der Waals surface area contributed by atoms with Gasteiger partial charge in [-0.25, -0.2) is 13.6 Å². The highest BCUT2D eigenvalue weighted by atomic mass is 19.1. The molecule has 31 heavy (non-hydrogen) atoms. The van der Waals surface area contributed by atoms with Crippen molar-refractivity contribution in [1.82, 2.24) is 4.98 Å². The van der Waals surface area contributed by atoms with Crippen molar-refractivity contribution < 1.29 is 28.6 Å². The Bertz CT molecular complexity index is 1320. The van der Waals surface area contributed by atoms with Gasteiger partial charge in [0.05, 0.1) is 11.1 Å². The van der Waals surface area contributed by atoms with Crippen LogP contribution in [0.2, 0.25) is 0 Å². The number of aromatic carboxylic acids is 1. The molecule has 0 aliphatic heterocycles. The Morgan fingerprint density at radius 3 is 2.06 bits per heavy atom. The second-order valence-corrected chi connectivity index (χ2v) is 7.00. The van der Waals surface area contributed by atoms with Crippen LogP contribution in [0.25, 0.3) is 10.9 Å². The molecular weight excluding hydrogens is 404 g/mol. The van der Waals surface area contributed by atoms with E-state index in [0.29, 0.717) is 12.0 Å². The average molecular weight is 419 g/mol. The number of fused-ring (bicyclic) bond motifs is 1. The highest BCUT2D eigenvalue weighted by molar-refractivity contribution is 6.16. The number of carboxylic acid groups (broad SMARTS) is 1. The summed E-state index contributed by atoms with van der Waals surface area (Å²) in [6.07, 6.45) is 1.84. The molecule has 7 heteroatoms. The lowest BCUT2D eigenvalue weighted by Crippen LogP contribution is -2.07. The SMILES string of the molecule is O=C(c1ccc(F)cc1)c1cc(C(=O)O)c2cc(Cc3ccc(F)cc3)cnc2c1O. The van der Waals surface area contributed by atoms with Gasteiger partial charge in [-0.05, 0) is 66.1 Å². The first-order valence-electron chi connectivity index (χ1n) is 9.26. The monoisotopic (exact) mass is 419 g/mol. The standard InChI is InChI=1S/C24H15F2NO4/c25-16-5-1-13(2-6-16)9-14-10-18-19(24(30)31)11-20(23(29)21(18)27-12-14)22(28)15-3-7-17(26)8-4-15/h1-8,10-12,29H,9H2,(H,30,31). The Hall–Kier alpha value is -4.13. The fourth-order valence-electron chi connectivity index (χ4n) is 3.36. The summed E-state index contributed by atoms with van der Waals surface area (Å²) in [4.78, 5) is 28.9. The van der Waals surface area contributed by atoms with E-state index in [9.17, 15) is 28.6 Å². The maximum Gasteiger partial charge on any atom is 0.336 e. The molecule has 4 rings (SSSR count). The van der Waals surface area contributed by atoms with Crippen LogP contribution in [0.1, 0.15) is 37.4 Å². The summed E-state index contributed by atoms with van der Waals surface area (Å²) in [5.74, 6) is -3.29. The summed E-state index contributed by atoms with van der Waals surface area (Å²) in [6, 6.07) is 13.2. The number of hydrogen-bond donors (Lipinski definition) is 2. The summed E-state index contributed by atoms with van der Waals surface area (Å²) in [5.41, 5.74) is 1.07. The summed E-state index contributed by atoms with van der Waals surface area (Å²) >= 11 is 0. The van der Waals surface area contributed by atoms with E-state index in [1.54, 1.807) is 18.2 Å². The van der Waals surface area contributed by atoms with Crippen molar-refractivity contribution in [2.45, 2.75) is 6.42 Å². The number of phenolic OH excluding ortho intramolecular Hbond substituents is 1. The van der Waals surface area contributed by atoms with Gasteiger partial charge in [-0.15, -0.1) is 0 Å². The van der Waals surface area contributed by atoms with Crippen LogP contribution in [0.4, 0.5) is 8.78 Å². The number of rotatable bonds is 5. The molecule has 2 N–H and O–H groups in total. The number of halogens is 2. The number of benzene rings is 3. The number of ketones is 1. The number of carbonyl (C=O) groups excluding carboxylic acids is 1. The highest BCUT2D eigenvalue weighted by Gasteiger charge is 2.22. The Morgan fingerprint density at radius 2 is 1.45 bits per heavy atom. The first kappa shape index (κ1) is 20.2. The Balaban J connectivity index is 1.81. The molecule has 5 nitrogen and oxygen atoms in total. The van der Waals surface area contributed by atoms with Crippen LogP contribution < -0.4 is 0 Å². The van der Waals surface area contributed by atoms with Crippen molar-refractivity contribution in [3.63, 3.8) is 0 Å². The van der Waals surface area contributed by atoms with Gasteiger partial charge in [0.15, 0.2) is 11.5 Å². The van der Waals surface area contributed by atoms with E-state index in [0.717, 1.165) is 23.8 Å². The maximum absolute atomic E-state index is 13.2. The molecule has 154 valence electrons. The fraction of sp³-hybridized carbons (Fsp3) is 0.0417. The number of carboxylic acids is 1. The summed E-state index contributed by atoms with van der Waals surface area (Å²) in [7, 11) is 0. The lowest BCUT2D eigenvalue weighted by molar-refractivity contribution is 0.0699. The largest absolute Gasteiger partial charge is 0.505 e. The zero-order valence-electron chi connectivity index (χ0n) is 16.0. The second kappa shape index (κ2) is 7.95. The van der Waals surface area contributed by atoms with E-state index in [4.69, 9.17) is 0 Å². The smallest absolute Gasteiger partial charge is 0.336 e. The van der Waals surface area contributed by atoms with Crippen molar-refractivity contribution in [3.05, 3.63) is 106 Å². The molecule has 0 aliphatic rings. The summed E-state index contributed by atoms with van der Waals surface area (Å²) in [5, 5.41) is 20.5. The van der Waals surface area contributed by atoms with E-state index < -0.39 is 23.3 Å². The van der Waals surface area contributed by atoms with E-state index in [1.165, 1.54) is 30.5 Å². The van der Waals surface area contributed by atoms with Gasteiger partial charge in [-0.3, -0.25) is 9.78 Å². The predicted octanol–water partition coefficient (Wildman–Crippen LogP) is 4.74. The molecule has 0 radical (unpaired) electrons. The quantitative estimate of drug-likeness (QED) is 0.457. The zero-order chi connectivity index (χ0) is 22.1. The lowest BCUT2D eigenvalue weighted by Gasteiger charge is -2.11. The van der Waals surface area contributed by atoms with Crippen molar-refractivity contribution in [2.75, 3.05) is 0 Å². The minimum absolute atomic E-state index is 0.0341. The van der Waals surface area contributed by atoms with Crippen LogP contribution in [-0.4, -0.2) is 26.9 Å². The molecule has 0 spiro atoms. The van der Waals surface area contributed by atoms with Crippen molar-refractivity contribution in [2.24, 2.45) is 0 Å². The minimum Gasteiger partial charge on any atom is -0.505 e. The first-order chi connectivity index (χ1) is 14.8. The van der Waals surface area contributed by atoms with Crippen molar-refractivity contribution >= 4 is 22.7 Å². The Labute approximate surface area is 175 Å².